The highest BCUT2D eigenvalue weighted by molar-refractivity contribution is 5.63. The Morgan fingerprint density at radius 2 is 1.95 bits per heavy atom. The first-order valence-corrected chi connectivity index (χ1v) is 7.53. The van der Waals surface area contributed by atoms with Crippen LogP contribution in [0.4, 0.5) is 0 Å². The second kappa shape index (κ2) is 6.79. The van der Waals surface area contributed by atoms with Crippen LogP contribution >= 0.6 is 0 Å². The van der Waals surface area contributed by atoms with E-state index in [0.717, 1.165) is 28.1 Å². The van der Waals surface area contributed by atoms with Crippen LogP contribution in [0.5, 0.6) is 5.75 Å². The Hall–Kier alpha value is -2.07. The molecule has 1 heterocycles. The first kappa shape index (κ1) is 16.3. The summed E-state index contributed by atoms with van der Waals surface area (Å²) < 4.78 is 7.17. The molecule has 0 aliphatic carbocycles. The smallest absolute Gasteiger partial charge is 0.255 e. The molecule has 0 atom stereocenters. The minimum Gasteiger partial charge on any atom is -0.496 e. The predicted molar refractivity (Wildman–Crippen MR) is 90.6 cm³/mol. The van der Waals surface area contributed by atoms with Gasteiger partial charge in [-0.3, -0.25) is 4.79 Å². The van der Waals surface area contributed by atoms with Crippen molar-refractivity contribution in [1.29, 1.82) is 0 Å². The molecule has 4 heteroatoms. The number of nitrogens with one attached hydrogen (secondary N) is 1. The van der Waals surface area contributed by atoms with Crippen molar-refractivity contribution in [1.82, 2.24) is 9.88 Å². The van der Waals surface area contributed by atoms with Gasteiger partial charge in [0.15, 0.2) is 0 Å². The molecule has 0 spiro atoms. The van der Waals surface area contributed by atoms with Crippen molar-refractivity contribution in [3.8, 4) is 17.0 Å². The molecule has 22 heavy (non-hydrogen) atoms. The zero-order valence-corrected chi connectivity index (χ0v) is 13.9. The third kappa shape index (κ3) is 3.07. The molecule has 118 valence electrons. The van der Waals surface area contributed by atoms with Crippen LogP contribution < -0.4 is 15.6 Å². The van der Waals surface area contributed by atoms with Crippen LogP contribution in [0.25, 0.3) is 11.3 Å². The van der Waals surface area contributed by atoms with Gasteiger partial charge in [-0.15, -0.1) is 0 Å². The summed E-state index contributed by atoms with van der Waals surface area (Å²) in [6.45, 7) is 6.65. The van der Waals surface area contributed by atoms with Gasteiger partial charge in [-0.1, -0.05) is 6.07 Å². The molecular weight excluding hydrogens is 276 g/mol. The van der Waals surface area contributed by atoms with E-state index < -0.39 is 0 Å². The molecule has 2 aromatic rings. The third-order valence-electron chi connectivity index (χ3n) is 3.77. The molecule has 0 saturated carbocycles. The lowest BCUT2D eigenvalue weighted by Gasteiger charge is -2.19. The molecule has 0 aliphatic rings. The van der Waals surface area contributed by atoms with E-state index in [1.165, 1.54) is 0 Å². The van der Waals surface area contributed by atoms with Crippen LogP contribution in [0.2, 0.25) is 0 Å². The fourth-order valence-electron chi connectivity index (χ4n) is 2.71. The Balaban J connectivity index is 2.62. The normalized spacial score (nSPS) is 11.0. The maximum absolute atomic E-state index is 12.7. The monoisotopic (exact) mass is 300 g/mol. The summed E-state index contributed by atoms with van der Waals surface area (Å²) in [5.41, 5.74) is 3.87. The maximum atomic E-state index is 12.7. The summed E-state index contributed by atoms with van der Waals surface area (Å²) in [6.07, 6.45) is 0. The van der Waals surface area contributed by atoms with Crippen LogP contribution in [0.3, 0.4) is 0 Å². The molecule has 2 rings (SSSR count). The van der Waals surface area contributed by atoms with Gasteiger partial charge in [0.2, 0.25) is 0 Å². The average Bonchev–Trinajstić information content (AvgIpc) is 2.48. The molecule has 1 aromatic carbocycles. The molecule has 1 N–H and O–H groups in total. The number of rotatable bonds is 5. The van der Waals surface area contributed by atoms with Crippen LogP contribution in [0, 0.1) is 6.92 Å². The Morgan fingerprint density at radius 1 is 1.23 bits per heavy atom. The highest BCUT2D eigenvalue weighted by atomic mass is 16.5. The minimum absolute atomic E-state index is 0.0651. The van der Waals surface area contributed by atoms with Crippen molar-refractivity contribution in [2.45, 2.75) is 33.4 Å². The number of methoxy groups -OCH3 is 1. The molecule has 1 aromatic heterocycles. The van der Waals surface area contributed by atoms with Gasteiger partial charge in [-0.05, 0) is 63.2 Å². The van der Waals surface area contributed by atoms with Gasteiger partial charge in [0.05, 0.1) is 12.8 Å². The molecule has 0 amide bonds. The Bertz CT molecular complexity index is 718. The van der Waals surface area contributed by atoms with Gasteiger partial charge in [0.1, 0.15) is 5.75 Å². The topological polar surface area (TPSA) is 43.3 Å². The first-order chi connectivity index (χ1) is 10.5. The lowest BCUT2D eigenvalue weighted by atomic mass is 10.1. The van der Waals surface area contributed by atoms with E-state index in [4.69, 9.17) is 4.74 Å². The summed E-state index contributed by atoms with van der Waals surface area (Å²) in [5.74, 6) is 0.856. The number of hydrogen-bond acceptors (Lipinski definition) is 3. The number of aryl methyl sites for hydroxylation is 1. The number of ether oxygens (including phenoxy) is 1. The van der Waals surface area contributed by atoms with Gasteiger partial charge in [0.25, 0.3) is 5.56 Å². The summed E-state index contributed by atoms with van der Waals surface area (Å²) in [7, 11) is 3.51. The highest BCUT2D eigenvalue weighted by Crippen LogP contribution is 2.27. The second-order valence-corrected chi connectivity index (χ2v) is 5.73. The number of hydrogen-bond donors (Lipinski definition) is 1. The maximum Gasteiger partial charge on any atom is 0.255 e. The van der Waals surface area contributed by atoms with Gasteiger partial charge in [0, 0.05) is 18.2 Å². The summed E-state index contributed by atoms with van der Waals surface area (Å²) in [5, 5.41) is 3.04. The van der Waals surface area contributed by atoms with Crippen molar-refractivity contribution in [2.24, 2.45) is 0 Å². The Kier molecular flexibility index (Phi) is 5.03. The fraction of sp³-hybridized carbons (Fsp3) is 0.389. The quantitative estimate of drug-likeness (QED) is 0.922. The van der Waals surface area contributed by atoms with E-state index in [0.29, 0.717) is 6.54 Å². The van der Waals surface area contributed by atoms with E-state index >= 15 is 0 Å². The van der Waals surface area contributed by atoms with Crippen LogP contribution in [0.1, 0.15) is 31.0 Å². The minimum atomic E-state index is 0.0651. The summed E-state index contributed by atoms with van der Waals surface area (Å²) in [6, 6.07) is 10.0. The molecule has 0 radical (unpaired) electrons. The number of aromatic nitrogens is 1. The summed E-state index contributed by atoms with van der Waals surface area (Å²) >= 11 is 0. The lowest BCUT2D eigenvalue weighted by molar-refractivity contribution is 0.412. The van der Waals surface area contributed by atoms with Crippen LogP contribution in [-0.2, 0) is 6.54 Å². The van der Waals surface area contributed by atoms with E-state index in [-0.39, 0.29) is 11.6 Å². The molecule has 0 saturated heterocycles. The molecule has 0 unspecified atom stereocenters. The third-order valence-corrected chi connectivity index (χ3v) is 3.77. The van der Waals surface area contributed by atoms with E-state index in [1.807, 2.05) is 56.7 Å². The number of nitrogens with zero attached hydrogens (tertiary/aromatic N) is 1. The first-order valence-electron chi connectivity index (χ1n) is 7.53. The Labute approximate surface area is 131 Å². The van der Waals surface area contributed by atoms with Crippen molar-refractivity contribution in [3.05, 3.63) is 51.8 Å². The standard InChI is InChI=1S/C18H24N2O2/c1-12(2)20-16(8-6-15(11-19-4)18(20)21)14-7-9-17(22-5)13(3)10-14/h6-10,12,19H,11H2,1-5H3. The van der Waals surface area contributed by atoms with Gasteiger partial charge >= 0.3 is 0 Å². The van der Waals surface area contributed by atoms with E-state index in [2.05, 4.69) is 11.4 Å². The zero-order chi connectivity index (χ0) is 16.3. The predicted octanol–water partition coefficient (Wildman–Crippen LogP) is 3.13. The van der Waals surface area contributed by atoms with Crippen molar-refractivity contribution in [2.75, 3.05) is 14.2 Å². The van der Waals surface area contributed by atoms with E-state index in [9.17, 15) is 4.79 Å². The summed E-state index contributed by atoms with van der Waals surface area (Å²) in [4.78, 5) is 12.7. The molecule has 0 fully saturated rings. The van der Waals surface area contributed by atoms with Gasteiger partial charge in [-0.25, -0.2) is 0 Å². The van der Waals surface area contributed by atoms with Gasteiger partial charge in [-0.2, -0.15) is 0 Å². The molecule has 0 bridgehead atoms. The van der Waals surface area contributed by atoms with Crippen molar-refractivity contribution >= 4 is 0 Å². The second-order valence-electron chi connectivity index (χ2n) is 5.73. The molecule has 0 aliphatic heterocycles. The fourth-order valence-corrected chi connectivity index (χ4v) is 2.71. The Morgan fingerprint density at radius 3 is 2.50 bits per heavy atom. The van der Waals surface area contributed by atoms with Crippen molar-refractivity contribution in [3.63, 3.8) is 0 Å². The average molecular weight is 300 g/mol. The lowest BCUT2D eigenvalue weighted by Crippen LogP contribution is -2.28. The van der Waals surface area contributed by atoms with Crippen molar-refractivity contribution < 1.29 is 4.74 Å². The van der Waals surface area contributed by atoms with E-state index in [1.54, 1.807) is 7.11 Å². The molecular formula is C18H24N2O2. The van der Waals surface area contributed by atoms with Crippen LogP contribution in [-0.4, -0.2) is 18.7 Å². The largest absolute Gasteiger partial charge is 0.496 e. The molecule has 4 nitrogen and oxygen atoms in total. The number of benzene rings is 1. The zero-order valence-electron chi connectivity index (χ0n) is 13.9. The highest BCUT2D eigenvalue weighted by Gasteiger charge is 2.13. The van der Waals surface area contributed by atoms with Gasteiger partial charge < -0.3 is 14.6 Å². The SMILES string of the molecule is CNCc1ccc(-c2ccc(OC)c(C)c2)n(C(C)C)c1=O. The van der Waals surface area contributed by atoms with Crippen LogP contribution in [0.15, 0.2) is 35.1 Å². The number of pyridine rings is 1.